The highest BCUT2D eigenvalue weighted by Crippen LogP contribution is 2.29. The van der Waals surface area contributed by atoms with E-state index >= 15 is 0 Å². The first-order valence-corrected chi connectivity index (χ1v) is 8.09. The lowest BCUT2D eigenvalue weighted by atomic mass is 10.2. The number of aromatic nitrogens is 5. The summed E-state index contributed by atoms with van der Waals surface area (Å²) in [7, 11) is 0. The third-order valence-electron chi connectivity index (χ3n) is 4.13. The third kappa shape index (κ3) is 2.80. The van der Waals surface area contributed by atoms with E-state index in [1.807, 2.05) is 31.2 Å². The van der Waals surface area contributed by atoms with Crippen LogP contribution in [0.15, 0.2) is 49.1 Å². The summed E-state index contributed by atoms with van der Waals surface area (Å²) in [5.41, 5.74) is 7.97. The van der Waals surface area contributed by atoms with E-state index < -0.39 is 11.8 Å². The summed E-state index contributed by atoms with van der Waals surface area (Å²) in [6, 6.07) is 9.18. The van der Waals surface area contributed by atoms with Gasteiger partial charge < -0.3 is 15.7 Å². The zero-order valence-electron chi connectivity index (χ0n) is 14.3. The van der Waals surface area contributed by atoms with Gasteiger partial charge in [-0.25, -0.2) is 14.9 Å². The Kier molecular flexibility index (Phi) is 3.88. The van der Waals surface area contributed by atoms with Crippen molar-refractivity contribution in [2.75, 3.05) is 4.90 Å². The molecule has 0 aliphatic rings. The van der Waals surface area contributed by atoms with Crippen molar-refractivity contribution in [2.24, 2.45) is 5.73 Å². The molecule has 0 unspecified atom stereocenters. The van der Waals surface area contributed by atoms with Gasteiger partial charge in [-0.1, -0.05) is 12.1 Å². The minimum absolute atomic E-state index is 0.0670. The molecule has 27 heavy (non-hydrogen) atoms. The van der Waals surface area contributed by atoms with E-state index in [0.29, 0.717) is 11.2 Å². The monoisotopic (exact) mass is 361 g/mol. The molecule has 134 valence electrons. The normalized spacial score (nSPS) is 10.9. The third-order valence-corrected chi connectivity index (χ3v) is 4.13. The van der Waals surface area contributed by atoms with Crippen LogP contribution in [-0.2, 0) is 0 Å². The van der Waals surface area contributed by atoms with Crippen molar-refractivity contribution in [3.63, 3.8) is 0 Å². The predicted molar refractivity (Wildman–Crippen MR) is 98.6 cm³/mol. The zero-order chi connectivity index (χ0) is 19.0. The molecule has 4 aromatic rings. The van der Waals surface area contributed by atoms with Crippen LogP contribution in [0.25, 0.3) is 11.0 Å². The maximum absolute atomic E-state index is 13.3. The van der Waals surface area contributed by atoms with Crippen molar-refractivity contribution in [1.82, 2.24) is 24.9 Å². The van der Waals surface area contributed by atoms with E-state index in [2.05, 4.69) is 24.9 Å². The van der Waals surface area contributed by atoms with E-state index in [1.165, 1.54) is 11.2 Å². The molecule has 0 aliphatic heterocycles. The number of nitrogens with one attached hydrogen (secondary N) is 2. The van der Waals surface area contributed by atoms with Gasteiger partial charge in [0.2, 0.25) is 5.95 Å². The number of benzene rings is 1. The molecule has 0 aliphatic carbocycles. The Hall–Kier alpha value is -4.01. The second-order valence-electron chi connectivity index (χ2n) is 5.87. The van der Waals surface area contributed by atoms with E-state index in [0.717, 1.165) is 11.1 Å². The first-order chi connectivity index (χ1) is 13.1. The molecule has 0 saturated heterocycles. The minimum Gasteiger partial charge on any atom is -0.364 e. The smallest absolute Gasteiger partial charge is 0.286 e. The Balaban J connectivity index is 1.91. The number of anilines is 2. The molecule has 1 aromatic carbocycles. The Morgan fingerprint density at radius 1 is 1.19 bits per heavy atom. The molecule has 3 heterocycles. The average molecular weight is 361 g/mol. The lowest BCUT2D eigenvalue weighted by Crippen LogP contribution is -2.30. The highest BCUT2D eigenvalue weighted by Gasteiger charge is 2.29. The summed E-state index contributed by atoms with van der Waals surface area (Å²) in [6.45, 7) is 1.85. The van der Waals surface area contributed by atoms with Crippen LogP contribution in [0.1, 0.15) is 26.5 Å². The van der Waals surface area contributed by atoms with E-state index in [9.17, 15) is 9.59 Å². The van der Waals surface area contributed by atoms with Gasteiger partial charge in [-0.05, 0) is 30.7 Å². The molecular formula is C18H15N7O2. The fraction of sp³-hybridized carbons (Fsp3) is 0.0556. The van der Waals surface area contributed by atoms with Crippen LogP contribution in [0.4, 0.5) is 11.6 Å². The second kappa shape index (κ2) is 6.37. The molecule has 0 fully saturated rings. The number of aryl methyl sites for hydroxylation is 1. The van der Waals surface area contributed by atoms with Crippen molar-refractivity contribution < 1.29 is 9.59 Å². The minimum atomic E-state index is -0.775. The number of nitrogens with zero attached hydrogens (tertiary/aromatic N) is 4. The summed E-state index contributed by atoms with van der Waals surface area (Å²) < 4.78 is 0. The summed E-state index contributed by atoms with van der Waals surface area (Å²) >= 11 is 0. The fourth-order valence-corrected chi connectivity index (χ4v) is 2.80. The van der Waals surface area contributed by atoms with E-state index in [1.54, 1.807) is 18.5 Å². The summed E-state index contributed by atoms with van der Waals surface area (Å²) in [6.07, 6.45) is 4.43. The molecule has 4 rings (SSSR count). The number of pyridine rings is 1. The number of hydrogen-bond acceptors (Lipinski definition) is 5. The molecule has 0 atom stereocenters. The first kappa shape index (κ1) is 16.5. The van der Waals surface area contributed by atoms with Gasteiger partial charge in [0.15, 0.2) is 5.69 Å². The number of carbonyl (C=O) groups is 2. The standard InChI is InChI=1S/C18H15N7O2/c1-10-6-7-20-8-13(10)25(17(27)15-14(16(19)26)21-9-22-15)18-23-11-4-2-3-5-12(11)24-18/h2-9H,1H3,(H2,19,26)(H,21,22)(H,23,24). The number of hydrogen-bond donors (Lipinski definition) is 3. The zero-order valence-corrected chi connectivity index (χ0v) is 14.3. The summed E-state index contributed by atoms with van der Waals surface area (Å²) in [4.78, 5) is 44.6. The van der Waals surface area contributed by atoms with Gasteiger partial charge in [-0.2, -0.15) is 0 Å². The first-order valence-electron chi connectivity index (χ1n) is 8.09. The van der Waals surface area contributed by atoms with E-state index in [4.69, 9.17) is 5.73 Å². The number of fused-ring (bicyclic) bond motifs is 1. The average Bonchev–Trinajstić information content (AvgIpc) is 3.30. The fourth-order valence-electron chi connectivity index (χ4n) is 2.80. The molecule has 3 aromatic heterocycles. The van der Waals surface area contributed by atoms with Crippen LogP contribution >= 0.6 is 0 Å². The van der Waals surface area contributed by atoms with Gasteiger partial charge >= 0.3 is 0 Å². The van der Waals surface area contributed by atoms with Gasteiger partial charge in [0.1, 0.15) is 5.69 Å². The lowest BCUT2D eigenvalue weighted by Gasteiger charge is -2.20. The molecule has 0 spiro atoms. The van der Waals surface area contributed by atoms with Gasteiger partial charge in [0.25, 0.3) is 11.8 Å². The predicted octanol–water partition coefficient (Wildman–Crippen LogP) is 2.07. The molecule has 0 radical (unpaired) electrons. The van der Waals surface area contributed by atoms with Gasteiger partial charge in [-0.15, -0.1) is 0 Å². The molecular weight excluding hydrogens is 346 g/mol. The number of nitrogens with two attached hydrogens (primary N) is 1. The topological polar surface area (TPSA) is 134 Å². The number of carbonyl (C=O) groups excluding carboxylic acids is 2. The molecule has 2 amide bonds. The van der Waals surface area contributed by atoms with Gasteiger partial charge in [-0.3, -0.25) is 14.6 Å². The van der Waals surface area contributed by atoms with Crippen LogP contribution in [0, 0.1) is 6.92 Å². The maximum Gasteiger partial charge on any atom is 0.286 e. The number of imidazole rings is 2. The quantitative estimate of drug-likeness (QED) is 0.511. The van der Waals surface area contributed by atoms with Crippen molar-refractivity contribution in [3.8, 4) is 0 Å². The maximum atomic E-state index is 13.3. The van der Waals surface area contributed by atoms with Crippen LogP contribution in [-0.4, -0.2) is 36.7 Å². The van der Waals surface area contributed by atoms with Gasteiger partial charge in [0.05, 0.1) is 29.2 Å². The largest absolute Gasteiger partial charge is 0.364 e. The van der Waals surface area contributed by atoms with Crippen LogP contribution in [0.5, 0.6) is 0 Å². The number of para-hydroxylation sites is 2. The van der Waals surface area contributed by atoms with Crippen LogP contribution < -0.4 is 10.6 Å². The highest BCUT2D eigenvalue weighted by atomic mass is 16.2. The molecule has 4 N–H and O–H groups in total. The van der Waals surface area contributed by atoms with Crippen molar-refractivity contribution in [2.45, 2.75) is 6.92 Å². The van der Waals surface area contributed by atoms with Crippen molar-refractivity contribution in [1.29, 1.82) is 0 Å². The van der Waals surface area contributed by atoms with Crippen LogP contribution in [0.2, 0.25) is 0 Å². The van der Waals surface area contributed by atoms with Crippen molar-refractivity contribution >= 4 is 34.5 Å². The lowest BCUT2D eigenvalue weighted by molar-refractivity contribution is 0.0961. The van der Waals surface area contributed by atoms with Crippen molar-refractivity contribution in [3.05, 3.63) is 66.0 Å². The SMILES string of the molecule is Cc1ccncc1N(C(=O)c1nc[nH]c1C(N)=O)c1nc2ccccc2[nH]1. The second-order valence-corrected chi connectivity index (χ2v) is 5.87. The van der Waals surface area contributed by atoms with Crippen LogP contribution in [0.3, 0.4) is 0 Å². The van der Waals surface area contributed by atoms with Gasteiger partial charge in [0, 0.05) is 6.20 Å². The number of amides is 2. The molecule has 0 bridgehead atoms. The molecule has 9 nitrogen and oxygen atoms in total. The molecule has 0 saturated carbocycles. The Labute approximate surface area is 153 Å². The Morgan fingerprint density at radius 3 is 2.74 bits per heavy atom. The Morgan fingerprint density at radius 2 is 2.00 bits per heavy atom. The molecule has 9 heteroatoms. The number of H-pyrrole nitrogens is 2. The summed E-state index contributed by atoms with van der Waals surface area (Å²) in [5, 5.41) is 0. The number of primary amides is 1. The highest BCUT2D eigenvalue weighted by molar-refractivity contribution is 6.14. The number of aromatic amines is 2. The van der Waals surface area contributed by atoms with E-state index in [-0.39, 0.29) is 17.3 Å². The number of rotatable bonds is 4. The Bertz CT molecular complexity index is 1130. The summed E-state index contributed by atoms with van der Waals surface area (Å²) in [5.74, 6) is -1.04.